The Kier molecular flexibility index (Phi) is 11.8. The third-order valence-electron chi connectivity index (χ3n) is 5.01. The zero-order valence-electron chi connectivity index (χ0n) is 17.9. The smallest absolute Gasteiger partial charge is 0.246 e. The molecule has 1 N–H and O–H groups in total. The minimum Gasteiger partial charge on any atom is -0.392 e. The second kappa shape index (κ2) is 13.5. The van der Waals surface area contributed by atoms with Gasteiger partial charge in [0.05, 0.1) is 6.61 Å². The van der Waals surface area contributed by atoms with Crippen molar-refractivity contribution in [2.24, 2.45) is 0 Å². The highest BCUT2D eigenvalue weighted by Crippen LogP contribution is 2.15. The Labute approximate surface area is 166 Å². The van der Waals surface area contributed by atoms with Crippen LogP contribution in [-0.2, 0) is 4.79 Å². The maximum Gasteiger partial charge on any atom is 0.246 e. The molecule has 0 saturated carbocycles. The molecule has 0 aromatic heterocycles. The molecule has 1 amide bonds. The molecule has 3 nitrogen and oxygen atoms in total. The second-order valence-electron chi connectivity index (χ2n) is 7.99. The van der Waals surface area contributed by atoms with Crippen molar-refractivity contribution in [1.82, 2.24) is 4.90 Å². The lowest BCUT2D eigenvalue weighted by atomic mass is 10.0. The Bertz CT molecular complexity index is 571. The first-order valence-electron chi connectivity index (χ1n) is 10.5. The molecule has 1 rings (SSSR count). The molecular formula is C24H39NO2. The molecule has 1 aliphatic heterocycles. The molecule has 0 spiro atoms. The van der Waals surface area contributed by atoms with E-state index in [9.17, 15) is 9.90 Å². The van der Waals surface area contributed by atoms with Crippen LogP contribution >= 0.6 is 0 Å². The normalized spacial score (nSPS) is 16.0. The SMILES string of the molecule is CC(C)=CCCC(C)=CCCC(=CCCC(C)=CC(=O)N1CCCC1)CO. The molecule has 1 aliphatic rings. The van der Waals surface area contributed by atoms with Gasteiger partial charge in [0.15, 0.2) is 0 Å². The molecule has 0 bridgehead atoms. The van der Waals surface area contributed by atoms with Crippen LogP contribution in [0.2, 0.25) is 0 Å². The first-order chi connectivity index (χ1) is 12.9. The van der Waals surface area contributed by atoms with Crippen LogP contribution < -0.4 is 0 Å². The molecule has 0 aliphatic carbocycles. The number of nitrogens with zero attached hydrogens (tertiary/aromatic N) is 1. The van der Waals surface area contributed by atoms with Crippen molar-refractivity contribution in [3.05, 3.63) is 46.6 Å². The Morgan fingerprint density at radius 2 is 1.44 bits per heavy atom. The summed E-state index contributed by atoms with van der Waals surface area (Å²) < 4.78 is 0. The Morgan fingerprint density at radius 1 is 0.852 bits per heavy atom. The molecule has 0 radical (unpaired) electrons. The van der Waals surface area contributed by atoms with Gasteiger partial charge in [0.2, 0.25) is 5.91 Å². The molecule has 0 aromatic carbocycles. The quantitative estimate of drug-likeness (QED) is 0.371. The van der Waals surface area contributed by atoms with E-state index in [4.69, 9.17) is 0 Å². The van der Waals surface area contributed by atoms with E-state index in [0.717, 1.165) is 75.6 Å². The van der Waals surface area contributed by atoms with Gasteiger partial charge in [-0.3, -0.25) is 4.79 Å². The third kappa shape index (κ3) is 11.0. The maximum atomic E-state index is 12.1. The van der Waals surface area contributed by atoms with E-state index in [1.54, 1.807) is 6.08 Å². The number of hydrogen-bond donors (Lipinski definition) is 1. The van der Waals surface area contributed by atoms with Crippen LogP contribution in [0.3, 0.4) is 0 Å². The molecule has 1 heterocycles. The minimum atomic E-state index is 0.125. The predicted molar refractivity (Wildman–Crippen MR) is 116 cm³/mol. The van der Waals surface area contributed by atoms with Gasteiger partial charge in [-0.25, -0.2) is 0 Å². The van der Waals surface area contributed by atoms with E-state index in [1.807, 2.05) is 11.8 Å². The van der Waals surface area contributed by atoms with Crippen molar-refractivity contribution in [3.8, 4) is 0 Å². The molecule has 1 saturated heterocycles. The summed E-state index contributed by atoms with van der Waals surface area (Å²) in [6, 6.07) is 0. The van der Waals surface area contributed by atoms with E-state index in [-0.39, 0.29) is 12.5 Å². The Hall–Kier alpha value is -1.61. The highest BCUT2D eigenvalue weighted by atomic mass is 16.3. The van der Waals surface area contributed by atoms with Crippen LogP contribution in [0.5, 0.6) is 0 Å². The van der Waals surface area contributed by atoms with Crippen molar-refractivity contribution >= 4 is 5.91 Å². The van der Waals surface area contributed by atoms with Crippen molar-refractivity contribution in [1.29, 1.82) is 0 Å². The van der Waals surface area contributed by atoms with Gasteiger partial charge >= 0.3 is 0 Å². The van der Waals surface area contributed by atoms with Gasteiger partial charge < -0.3 is 10.0 Å². The van der Waals surface area contributed by atoms with Gasteiger partial charge in [0.25, 0.3) is 0 Å². The highest BCUT2D eigenvalue weighted by Gasteiger charge is 2.15. The van der Waals surface area contributed by atoms with Gasteiger partial charge in [0, 0.05) is 19.2 Å². The van der Waals surface area contributed by atoms with Crippen molar-refractivity contribution in [2.75, 3.05) is 19.7 Å². The zero-order valence-corrected chi connectivity index (χ0v) is 17.9. The number of carbonyl (C=O) groups excluding carboxylic acids is 1. The number of aliphatic hydroxyl groups excluding tert-OH is 1. The summed E-state index contributed by atoms with van der Waals surface area (Å²) in [5.74, 6) is 0.157. The van der Waals surface area contributed by atoms with Gasteiger partial charge in [-0.05, 0) is 84.6 Å². The highest BCUT2D eigenvalue weighted by molar-refractivity contribution is 5.88. The molecule has 27 heavy (non-hydrogen) atoms. The number of aliphatic hydroxyl groups is 1. The van der Waals surface area contributed by atoms with Crippen molar-refractivity contribution in [3.63, 3.8) is 0 Å². The topological polar surface area (TPSA) is 40.5 Å². The van der Waals surface area contributed by atoms with Gasteiger partial charge in [-0.15, -0.1) is 0 Å². The van der Waals surface area contributed by atoms with Crippen LogP contribution in [0, 0.1) is 0 Å². The number of allylic oxidation sites excluding steroid dienone is 6. The van der Waals surface area contributed by atoms with Crippen molar-refractivity contribution < 1.29 is 9.90 Å². The maximum absolute atomic E-state index is 12.1. The lowest BCUT2D eigenvalue weighted by Crippen LogP contribution is -2.25. The van der Waals surface area contributed by atoms with E-state index in [0.29, 0.717) is 0 Å². The summed E-state index contributed by atoms with van der Waals surface area (Å²) in [5.41, 5.74) is 5.02. The molecule has 1 fully saturated rings. The fourth-order valence-corrected chi connectivity index (χ4v) is 3.26. The molecule has 3 heteroatoms. The van der Waals surface area contributed by atoms with Gasteiger partial charge in [0.1, 0.15) is 0 Å². The molecule has 0 aromatic rings. The summed E-state index contributed by atoms with van der Waals surface area (Å²) in [5, 5.41) is 9.58. The van der Waals surface area contributed by atoms with E-state index in [2.05, 4.69) is 39.0 Å². The molecular weight excluding hydrogens is 334 g/mol. The van der Waals surface area contributed by atoms with Crippen molar-refractivity contribution in [2.45, 2.75) is 79.1 Å². The zero-order chi connectivity index (χ0) is 20.1. The fraction of sp³-hybridized carbons (Fsp3) is 0.625. The van der Waals surface area contributed by atoms with Gasteiger partial charge in [-0.1, -0.05) is 34.9 Å². The monoisotopic (exact) mass is 373 g/mol. The summed E-state index contributed by atoms with van der Waals surface area (Å²) in [6.07, 6.45) is 16.6. The third-order valence-corrected chi connectivity index (χ3v) is 5.01. The van der Waals surface area contributed by atoms with Crippen LogP contribution in [0.25, 0.3) is 0 Å². The molecule has 152 valence electrons. The number of carbonyl (C=O) groups is 1. The summed E-state index contributed by atoms with van der Waals surface area (Å²) in [7, 11) is 0. The number of hydrogen-bond acceptors (Lipinski definition) is 2. The number of likely N-dealkylation sites (tertiary alicyclic amines) is 1. The van der Waals surface area contributed by atoms with E-state index >= 15 is 0 Å². The first kappa shape index (κ1) is 23.4. The van der Waals surface area contributed by atoms with Crippen LogP contribution in [0.15, 0.2) is 46.6 Å². The largest absolute Gasteiger partial charge is 0.392 e. The standard InChI is InChI=1S/C24H39NO2/c1-20(2)10-7-11-21(3)12-8-14-23(19-26)15-9-13-22(4)18-24(27)25-16-5-6-17-25/h10,12,15,18,26H,5-9,11,13-14,16-17,19H2,1-4H3. The average Bonchev–Trinajstić information content (AvgIpc) is 3.14. The predicted octanol–water partition coefficient (Wildman–Crippen LogP) is 5.73. The Morgan fingerprint density at radius 3 is 2.07 bits per heavy atom. The van der Waals surface area contributed by atoms with E-state index in [1.165, 1.54) is 11.1 Å². The minimum absolute atomic E-state index is 0.125. The van der Waals surface area contributed by atoms with Crippen LogP contribution in [0.1, 0.15) is 79.1 Å². The van der Waals surface area contributed by atoms with E-state index < -0.39 is 0 Å². The fourth-order valence-electron chi connectivity index (χ4n) is 3.26. The Balaban J connectivity index is 2.34. The molecule has 0 atom stereocenters. The lowest BCUT2D eigenvalue weighted by molar-refractivity contribution is -0.125. The van der Waals surface area contributed by atoms with Crippen LogP contribution in [0.4, 0.5) is 0 Å². The summed E-state index contributed by atoms with van der Waals surface area (Å²) in [6.45, 7) is 10.4. The molecule has 0 unspecified atom stereocenters. The second-order valence-corrected chi connectivity index (χ2v) is 7.99. The number of amides is 1. The summed E-state index contributed by atoms with van der Waals surface area (Å²) >= 11 is 0. The first-order valence-corrected chi connectivity index (χ1v) is 10.5. The average molecular weight is 374 g/mol. The van der Waals surface area contributed by atoms with Gasteiger partial charge in [-0.2, -0.15) is 0 Å². The number of rotatable bonds is 11. The summed E-state index contributed by atoms with van der Waals surface area (Å²) in [4.78, 5) is 14.0. The lowest BCUT2D eigenvalue weighted by Gasteiger charge is -2.12. The van der Waals surface area contributed by atoms with Crippen LogP contribution in [-0.4, -0.2) is 35.6 Å².